The second-order valence-electron chi connectivity index (χ2n) is 7.89. The van der Waals surface area contributed by atoms with Gasteiger partial charge in [0.25, 0.3) is 0 Å². The van der Waals surface area contributed by atoms with Gasteiger partial charge in [-0.15, -0.1) is 0 Å². The molecule has 0 radical (unpaired) electrons. The van der Waals surface area contributed by atoms with Crippen molar-refractivity contribution in [3.63, 3.8) is 0 Å². The average Bonchev–Trinajstić information content (AvgIpc) is 3.09. The summed E-state index contributed by atoms with van der Waals surface area (Å²) in [4.78, 5) is 22.0. The highest BCUT2D eigenvalue weighted by atomic mass is 32.2. The van der Waals surface area contributed by atoms with E-state index in [4.69, 9.17) is 19.5 Å². The van der Waals surface area contributed by atoms with Gasteiger partial charge in [0.2, 0.25) is 5.91 Å². The Bertz CT molecular complexity index is 967. The topological polar surface area (TPSA) is 72.3 Å². The van der Waals surface area contributed by atoms with E-state index in [9.17, 15) is 4.79 Å². The van der Waals surface area contributed by atoms with Crippen LogP contribution in [-0.4, -0.2) is 41.3 Å². The van der Waals surface area contributed by atoms with Crippen LogP contribution in [0.25, 0.3) is 0 Å². The van der Waals surface area contributed by atoms with Crippen LogP contribution in [0.2, 0.25) is 0 Å². The maximum Gasteiger partial charge on any atom is 0.234 e. The quantitative estimate of drug-likeness (QED) is 0.477. The van der Waals surface area contributed by atoms with Crippen LogP contribution < -0.4 is 14.8 Å². The van der Waals surface area contributed by atoms with Crippen molar-refractivity contribution in [2.75, 3.05) is 24.3 Å². The zero-order valence-electron chi connectivity index (χ0n) is 19.2. The Morgan fingerprint density at radius 3 is 2.28 bits per heavy atom. The Morgan fingerprint density at radius 1 is 0.969 bits per heavy atom. The number of ether oxygens (including phenoxy) is 2. The van der Waals surface area contributed by atoms with Gasteiger partial charge in [0.05, 0.1) is 24.7 Å². The molecule has 1 N–H and O–H groups in total. The normalized spacial score (nSPS) is 14.5. The number of carbonyl (C=O) groups is 1. The molecule has 1 amide bonds. The number of hydrogen-bond acceptors (Lipinski definition) is 6. The molecule has 0 saturated heterocycles. The molecule has 1 heterocycles. The first-order valence-electron chi connectivity index (χ1n) is 11.0. The third-order valence-electron chi connectivity index (χ3n) is 4.65. The van der Waals surface area contributed by atoms with E-state index in [0.717, 1.165) is 53.0 Å². The van der Waals surface area contributed by atoms with E-state index in [0.29, 0.717) is 6.61 Å². The van der Waals surface area contributed by atoms with Gasteiger partial charge in [0.1, 0.15) is 22.2 Å². The van der Waals surface area contributed by atoms with Crippen molar-refractivity contribution in [3.8, 4) is 11.5 Å². The van der Waals surface area contributed by atoms with Crippen molar-refractivity contribution in [2.45, 2.75) is 46.2 Å². The molecular weight excluding hydrogens is 422 g/mol. The molecule has 1 aliphatic rings. The molecule has 0 aromatic heterocycles. The first-order chi connectivity index (χ1) is 15.4. The van der Waals surface area contributed by atoms with Gasteiger partial charge in [-0.2, -0.15) is 0 Å². The van der Waals surface area contributed by atoms with Gasteiger partial charge in [0.15, 0.2) is 0 Å². The lowest BCUT2D eigenvalue weighted by molar-refractivity contribution is -0.113. The third-order valence-corrected chi connectivity index (χ3v) is 5.61. The maximum absolute atomic E-state index is 12.5. The largest absolute Gasteiger partial charge is 0.494 e. The predicted molar refractivity (Wildman–Crippen MR) is 134 cm³/mol. The molecule has 0 fully saturated rings. The van der Waals surface area contributed by atoms with Crippen LogP contribution in [0.4, 0.5) is 5.69 Å². The molecule has 2 aromatic rings. The number of hydrogen-bond donors (Lipinski definition) is 1. The first-order valence-corrected chi connectivity index (χ1v) is 12.0. The fraction of sp³-hybridized carbons (Fsp3) is 0.400. The average molecular weight is 454 g/mol. The Balaban J connectivity index is 1.60. The van der Waals surface area contributed by atoms with Gasteiger partial charge < -0.3 is 14.8 Å². The first kappa shape index (κ1) is 23.9. The minimum atomic E-state index is -0.542. The highest BCUT2D eigenvalue weighted by Crippen LogP contribution is 2.27. The second-order valence-corrected chi connectivity index (χ2v) is 8.86. The number of thioether (sulfide) groups is 1. The van der Waals surface area contributed by atoms with E-state index in [2.05, 4.69) is 12.2 Å². The summed E-state index contributed by atoms with van der Waals surface area (Å²) in [6, 6.07) is 15.3. The smallest absolute Gasteiger partial charge is 0.234 e. The summed E-state index contributed by atoms with van der Waals surface area (Å²) in [6.07, 6.45) is 2.14. The van der Waals surface area contributed by atoms with E-state index >= 15 is 0 Å². The summed E-state index contributed by atoms with van der Waals surface area (Å²) in [6.45, 7) is 9.33. The second kappa shape index (κ2) is 11.2. The molecule has 3 rings (SSSR count). The number of amides is 1. The van der Waals surface area contributed by atoms with Crippen LogP contribution in [0, 0.1) is 0 Å². The summed E-state index contributed by atoms with van der Waals surface area (Å²) < 4.78 is 11.2. The Hall–Kier alpha value is -2.80. The highest BCUT2D eigenvalue weighted by molar-refractivity contribution is 8.16. The van der Waals surface area contributed by atoms with E-state index in [1.807, 2.05) is 69.3 Å². The maximum atomic E-state index is 12.5. The van der Waals surface area contributed by atoms with Crippen molar-refractivity contribution in [1.29, 1.82) is 0 Å². The molecule has 32 heavy (non-hydrogen) atoms. The lowest BCUT2D eigenvalue weighted by atomic mass is 10.1. The van der Waals surface area contributed by atoms with E-state index in [1.54, 1.807) is 0 Å². The molecule has 170 valence electrons. The SMILES string of the molecule is CCCCOc1ccc(C2=NC(C)(C)N=C2SCC(=O)Nc2ccc(OCC)cc2)cc1. The number of nitrogens with zero attached hydrogens (tertiary/aromatic N) is 2. The molecule has 0 spiro atoms. The van der Waals surface area contributed by atoms with E-state index in [-0.39, 0.29) is 11.7 Å². The Labute approximate surface area is 194 Å². The summed E-state index contributed by atoms with van der Waals surface area (Å²) in [5.41, 5.74) is 1.98. The molecular formula is C25H31N3O3S. The van der Waals surface area contributed by atoms with Crippen LogP contribution in [0.5, 0.6) is 11.5 Å². The highest BCUT2D eigenvalue weighted by Gasteiger charge is 2.28. The molecule has 0 bridgehead atoms. The molecule has 2 aromatic carbocycles. The molecule has 0 saturated carbocycles. The Morgan fingerprint density at radius 2 is 1.62 bits per heavy atom. The van der Waals surface area contributed by atoms with Gasteiger partial charge in [0, 0.05) is 11.3 Å². The minimum Gasteiger partial charge on any atom is -0.494 e. The van der Waals surface area contributed by atoms with Crippen molar-refractivity contribution in [1.82, 2.24) is 0 Å². The fourth-order valence-corrected chi connectivity index (χ4v) is 4.04. The molecule has 0 atom stereocenters. The zero-order valence-corrected chi connectivity index (χ0v) is 20.0. The summed E-state index contributed by atoms with van der Waals surface area (Å²) in [7, 11) is 0. The van der Waals surface area contributed by atoms with Crippen LogP contribution in [0.1, 0.15) is 46.1 Å². The number of benzene rings is 2. The number of nitrogens with one attached hydrogen (secondary N) is 1. The number of anilines is 1. The predicted octanol–water partition coefficient (Wildman–Crippen LogP) is 5.57. The van der Waals surface area contributed by atoms with Crippen LogP contribution >= 0.6 is 11.8 Å². The van der Waals surface area contributed by atoms with Crippen molar-refractivity contribution in [2.24, 2.45) is 9.98 Å². The summed E-state index contributed by atoms with van der Waals surface area (Å²) in [5.74, 6) is 1.79. The minimum absolute atomic E-state index is 0.0920. The van der Waals surface area contributed by atoms with E-state index < -0.39 is 5.66 Å². The van der Waals surface area contributed by atoms with E-state index in [1.165, 1.54) is 11.8 Å². The molecule has 1 aliphatic heterocycles. The number of rotatable bonds is 10. The van der Waals surface area contributed by atoms with Crippen LogP contribution in [0.15, 0.2) is 58.5 Å². The van der Waals surface area contributed by atoms with Crippen molar-refractivity contribution in [3.05, 3.63) is 54.1 Å². The molecule has 7 heteroatoms. The van der Waals surface area contributed by atoms with Crippen molar-refractivity contribution >= 4 is 34.1 Å². The summed E-state index contributed by atoms with van der Waals surface area (Å²) in [5, 5.41) is 3.69. The van der Waals surface area contributed by atoms with Gasteiger partial charge in [-0.1, -0.05) is 25.1 Å². The third kappa shape index (κ3) is 6.85. The monoisotopic (exact) mass is 453 g/mol. The van der Waals surface area contributed by atoms with Crippen LogP contribution in [-0.2, 0) is 4.79 Å². The van der Waals surface area contributed by atoms with Gasteiger partial charge >= 0.3 is 0 Å². The molecule has 6 nitrogen and oxygen atoms in total. The lowest BCUT2D eigenvalue weighted by Crippen LogP contribution is -2.17. The van der Waals surface area contributed by atoms with Crippen LogP contribution in [0.3, 0.4) is 0 Å². The standard InChI is InChI=1S/C25H31N3O3S/c1-5-7-16-31-21-12-8-18(9-13-21)23-24(28-25(3,4)27-23)32-17-22(29)26-19-10-14-20(15-11-19)30-6-2/h8-15H,5-7,16-17H2,1-4H3,(H,26,29). The zero-order chi connectivity index (χ0) is 23.0. The van der Waals surface area contributed by atoms with Gasteiger partial charge in [-0.3, -0.25) is 9.79 Å². The number of unbranched alkanes of at least 4 members (excludes halogenated alkanes) is 1. The van der Waals surface area contributed by atoms with Gasteiger partial charge in [-0.25, -0.2) is 4.99 Å². The Kier molecular flexibility index (Phi) is 8.33. The number of carbonyl (C=O) groups excluding carboxylic acids is 1. The summed E-state index contributed by atoms with van der Waals surface area (Å²) >= 11 is 1.40. The fourth-order valence-electron chi connectivity index (χ4n) is 3.11. The lowest BCUT2D eigenvalue weighted by Gasteiger charge is -2.09. The van der Waals surface area contributed by atoms with Gasteiger partial charge in [-0.05, 0) is 75.7 Å². The molecule has 0 unspecified atom stereocenters. The number of aliphatic imine (C=N–C) groups is 2. The van der Waals surface area contributed by atoms with Crippen molar-refractivity contribution < 1.29 is 14.3 Å². The molecule has 0 aliphatic carbocycles.